The molecule has 4 heteroatoms. The molecule has 1 unspecified atom stereocenters. The molecule has 2 rings (SSSR count). The summed E-state index contributed by atoms with van der Waals surface area (Å²) in [6.45, 7) is 1.78. The largest absolute Gasteiger partial charge is 0.497 e. The van der Waals surface area contributed by atoms with Gasteiger partial charge >= 0.3 is 0 Å². The lowest BCUT2D eigenvalue weighted by Gasteiger charge is -2.16. The third-order valence-corrected chi connectivity index (χ3v) is 3.05. The van der Waals surface area contributed by atoms with E-state index in [-0.39, 0.29) is 5.56 Å². The molecule has 0 saturated carbocycles. The van der Waals surface area contributed by atoms with Gasteiger partial charge in [0.1, 0.15) is 11.9 Å². The molecule has 1 atom stereocenters. The van der Waals surface area contributed by atoms with E-state index in [9.17, 15) is 13.9 Å². The molecule has 2 nitrogen and oxygen atoms in total. The lowest BCUT2D eigenvalue weighted by Crippen LogP contribution is -2.06. The molecule has 0 aliphatic rings. The standard InChI is InChI=1S/C15H14F2O2/c1-9-8-10(19-2)6-7-11(9)15(18)12-4-3-5-13(16)14(12)17/h3-8,15,18H,1-2H3. The summed E-state index contributed by atoms with van der Waals surface area (Å²) in [5, 5.41) is 10.2. The maximum Gasteiger partial charge on any atom is 0.164 e. The van der Waals surface area contributed by atoms with Gasteiger partial charge in [-0.2, -0.15) is 0 Å². The number of aliphatic hydroxyl groups is 1. The van der Waals surface area contributed by atoms with Crippen LogP contribution in [0.1, 0.15) is 22.8 Å². The Labute approximate surface area is 110 Å². The minimum atomic E-state index is -1.21. The number of hydrogen-bond acceptors (Lipinski definition) is 2. The molecule has 0 aromatic heterocycles. The highest BCUT2D eigenvalue weighted by Crippen LogP contribution is 2.29. The molecule has 2 aromatic carbocycles. The molecule has 0 aliphatic heterocycles. The molecule has 100 valence electrons. The Balaban J connectivity index is 2.44. The second kappa shape index (κ2) is 5.36. The number of halogens is 2. The van der Waals surface area contributed by atoms with E-state index in [0.717, 1.165) is 11.6 Å². The number of aryl methyl sites for hydroxylation is 1. The van der Waals surface area contributed by atoms with Crippen molar-refractivity contribution in [2.24, 2.45) is 0 Å². The minimum Gasteiger partial charge on any atom is -0.497 e. The van der Waals surface area contributed by atoms with Gasteiger partial charge in [0.05, 0.1) is 7.11 Å². The summed E-state index contributed by atoms with van der Waals surface area (Å²) in [6, 6.07) is 8.80. The van der Waals surface area contributed by atoms with Gasteiger partial charge in [-0.25, -0.2) is 8.78 Å². The fraction of sp³-hybridized carbons (Fsp3) is 0.200. The number of benzene rings is 2. The van der Waals surface area contributed by atoms with Gasteiger partial charge in [0.25, 0.3) is 0 Å². The molecule has 0 radical (unpaired) electrons. The van der Waals surface area contributed by atoms with E-state index in [2.05, 4.69) is 0 Å². The van der Waals surface area contributed by atoms with Crippen LogP contribution in [0, 0.1) is 18.6 Å². The molecule has 0 heterocycles. The van der Waals surface area contributed by atoms with Crippen molar-refractivity contribution in [1.82, 2.24) is 0 Å². The SMILES string of the molecule is COc1ccc(C(O)c2cccc(F)c2F)c(C)c1. The van der Waals surface area contributed by atoms with Crippen molar-refractivity contribution in [2.75, 3.05) is 7.11 Å². The summed E-state index contributed by atoms with van der Waals surface area (Å²) in [6.07, 6.45) is -1.21. The zero-order valence-electron chi connectivity index (χ0n) is 10.7. The topological polar surface area (TPSA) is 29.5 Å². The van der Waals surface area contributed by atoms with Crippen LogP contribution in [0.3, 0.4) is 0 Å². The quantitative estimate of drug-likeness (QED) is 0.921. The van der Waals surface area contributed by atoms with E-state index in [0.29, 0.717) is 11.3 Å². The molecule has 2 aromatic rings. The Bertz CT molecular complexity index is 597. The van der Waals surface area contributed by atoms with Crippen LogP contribution in [0.2, 0.25) is 0 Å². The first-order valence-corrected chi connectivity index (χ1v) is 5.81. The number of methoxy groups -OCH3 is 1. The lowest BCUT2D eigenvalue weighted by molar-refractivity contribution is 0.212. The molecule has 0 amide bonds. The molecule has 19 heavy (non-hydrogen) atoms. The van der Waals surface area contributed by atoms with Crippen LogP contribution in [0.4, 0.5) is 8.78 Å². The van der Waals surface area contributed by atoms with Crippen LogP contribution in [-0.4, -0.2) is 12.2 Å². The lowest BCUT2D eigenvalue weighted by atomic mass is 9.97. The number of ether oxygens (including phenoxy) is 1. The minimum absolute atomic E-state index is 0.0757. The predicted molar refractivity (Wildman–Crippen MR) is 68.2 cm³/mol. The Morgan fingerprint density at radius 3 is 2.47 bits per heavy atom. The van der Waals surface area contributed by atoms with E-state index in [4.69, 9.17) is 4.74 Å². The van der Waals surface area contributed by atoms with Crippen molar-refractivity contribution in [2.45, 2.75) is 13.0 Å². The fourth-order valence-electron chi connectivity index (χ4n) is 1.98. The Morgan fingerprint density at radius 1 is 1.11 bits per heavy atom. The molecule has 0 saturated heterocycles. The summed E-state index contributed by atoms with van der Waals surface area (Å²) in [7, 11) is 1.54. The van der Waals surface area contributed by atoms with Crippen molar-refractivity contribution >= 4 is 0 Å². The number of aliphatic hydroxyl groups excluding tert-OH is 1. The van der Waals surface area contributed by atoms with Gasteiger partial charge < -0.3 is 9.84 Å². The molecule has 0 fully saturated rings. The van der Waals surface area contributed by atoms with Crippen LogP contribution in [0.5, 0.6) is 5.75 Å². The van der Waals surface area contributed by atoms with Gasteiger partial charge in [-0.1, -0.05) is 18.2 Å². The van der Waals surface area contributed by atoms with Gasteiger partial charge in [-0.3, -0.25) is 0 Å². The third kappa shape index (κ3) is 2.58. The van der Waals surface area contributed by atoms with Crippen LogP contribution in [-0.2, 0) is 0 Å². The summed E-state index contributed by atoms with van der Waals surface area (Å²) < 4.78 is 31.9. The third-order valence-electron chi connectivity index (χ3n) is 3.05. The summed E-state index contributed by atoms with van der Waals surface area (Å²) in [5.41, 5.74) is 1.19. The smallest absolute Gasteiger partial charge is 0.164 e. The van der Waals surface area contributed by atoms with Crippen molar-refractivity contribution in [3.05, 3.63) is 64.7 Å². The van der Waals surface area contributed by atoms with Crippen LogP contribution in [0.15, 0.2) is 36.4 Å². The van der Waals surface area contributed by atoms with Crippen LogP contribution < -0.4 is 4.74 Å². The first-order chi connectivity index (χ1) is 9.04. The highest BCUT2D eigenvalue weighted by atomic mass is 19.2. The van der Waals surface area contributed by atoms with Crippen molar-refractivity contribution in [3.8, 4) is 5.75 Å². The van der Waals surface area contributed by atoms with Crippen LogP contribution in [0.25, 0.3) is 0 Å². The van der Waals surface area contributed by atoms with Gasteiger partial charge in [0, 0.05) is 5.56 Å². The van der Waals surface area contributed by atoms with E-state index >= 15 is 0 Å². The highest BCUT2D eigenvalue weighted by molar-refractivity contribution is 5.40. The Kier molecular flexibility index (Phi) is 3.81. The average molecular weight is 264 g/mol. The van der Waals surface area contributed by atoms with Crippen LogP contribution >= 0.6 is 0 Å². The Hall–Kier alpha value is -1.94. The fourth-order valence-corrected chi connectivity index (χ4v) is 1.98. The number of rotatable bonds is 3. The van der Waals surface area contributed by atoms with Gasteiger partial charge in [-0.15, -0.1) is 0 Å². The molecular weight excluding hydrogens is 250 g/mol. The molecule has 0 spiro atoms. The first kappa shape index (κ1) is 13.5. The first-order valence-electron chi connectivity index (χ1n) is 5.81. The zero-order chi connectivity index (χ0) is 14.0. The second-order valence-electron chi connectivity index (χ2n) is 4.27. The summed E-state index contributed by atoms with van der Waals surface area (Å²) >= 11 is 0. The van der Waals surface area contributed by atoms with Crippen molar-refractivity contribution < 1.29 is 18.6 Å². The molecule has 0 bridgehead atoms. The van der Waals surface area contributed by atoms with E-state index in [1.165, 1.54) is 19.2 Å². The zero-order valence-corrected chi connectivity index (χ0v) is 10.7. The Morgan fingerprint density at radius 2 is 1.84 bits per heavy atom. The second-order valence-corrected chi connectivity index (χ2v) is 4.27. The van der Waals surface area contributed by atoms with Crippen molar-refractivity contribution in [1.29, 1.82) is 0 Å². The highest BCUT2D eigenvalue weighted by Gasteiger charge is 2.19. The number of hydrogen-bond donors (Lipinski definition) is 1. The van der Waals surface area contributed by atoms with Gasteiger partial charge in [-0.05, 0) is 36.2 Å². The van der Waals surface area contributed by atoms with Crippen molar-refractivity contribution in [3.63, 3.8) is 0 Å². The molecule has 1 N–H and O–H groups in total. The predicted octanol–water partition coefficient (Wildman–Crippen LogP) is 3.36. The van der Waals surface area contributed by atoms with Gasteiger partial charge in [0.15, 0.2) is 11.6 Å². The normalized spacial score (nSPS) is 12.3. The molecule has 0 aliphatic carbocycles. The van der Waals surface area contributed by atoms with E-state index < -0.39 is 17.7 Å². The van der Waals surface area contributed by atoms with Gasteiger partial charge in [0.2, 0.25) is 0 Å². The summed E-state index contributed by atoms with van der Waals surface area (Å²) in [4.78, 5) is 0. The molecular formula is C15H14F2O2. The maximum absolute atomic E-state index is 13.7. The van der Waals surface area contributed by atoms with E-state index in [1.54, 1.807) is 25.1 Å². The monoisotopic (exact) mass is 264 g/mol. The average Bonchev–Trinajstić information content (AvgIpc) is 2.41. The maximum atomic E-state index is 13.7. The summed E-state index contributed by atoms with van der Waals surface area (Å²) in [5.74, 6) is -1.35. The van der Waals surface area contributed by atoms with E-state index in [1.807, 2.05) is 0 Å².